The average molecular weight is 324 g/mol. The summed E-state index contributed by atoms with van der Waals surface area (Å²) in [7, 11) is 0. The Bertz CT molecular complexity index is 795. The summed E-state index contributed by atoms with van der Waals surface area (Å²) in [4.78, 5) is 24.5. The molecular weight excluding hydrogens is 304 g/mol. The lowest BCUT2D eigenvalue weighted by molar-refractivity contribution is -0.119. The first-order chi connectivity index (χ1) is 11.4. The van der Waals surface area contributed by atoms with Crippen molar-refractivity contribution in [1.29, 1.82) is 0 Å². The molecule has 1 heterocycles. The third-order valence-corrected chi connectivity index (χ3v) is 4.19. The molecular formula is C19H20N2O3. The summed E-state index contributed by atoms with van der Waals surface area (Å²) >= 11 is 0. The first-order valence-electron chi connectivity index (χ1n) is 7.92. The maximum absolute atomic E-state index is 12.5. The minimum atomic E-state index is -0.634. The smallest absolute Gasteiger partial charge is 0.255 e. The number of carbonyl (C=O) groups excluding carboxylic acids is 2. The van der Waals surface area contributed by atoms with E-state index in [2.05, 4.69) is 10.6 Å². The number of fused-ring (bicyclic) bond motifs is 1. The fourth-order valence-corrected chi connectivity index (χ4v) is 2.72. The number of ether oxygens (including phenoxy) is 1. The van der Waals surface area contributed by atoms with Gasteiger partial charge in [0, 0.05) is 16.9 Å². The molecule has 0 fully saturated rings. The predicted molar refractivity (Wildman–Crippen MR) is 93.7 cm³/mol. The van der Waals surface area contributed by atoms with E-state index in [0.29, 0.717) is 17.9 Å². The number of carbonyl (C=O) groups is 2. The maximum atomic E-state index is 12.5. The molecule has 0 aliphatic carbocycles. The molecule has 1 aliphatic rings. The lowest BCUT2D eigenvalue weighted by atomic mass is 9.85. The van der Waals surface area contributed by atoms with Crippen LogP contribution < -0.4 is 15.4 Å². The summed E-state index contributed by atoms with van der Waals surface area (Å²) in [6.07, 6.45) is 0. The van der Waals surface area contributed by atoms with E-state index in [1.165, 1.54) is 0 Å². The Balaban J connectivity index is 1.79. The quantitative estimate of drug-likeness (QED) is 0.903. The zero-order chi connectivity index (χ0) is 17.3. The molecule has 2 aromatic rings. The van der Waals surface area contributed by atoms with Gasteiger partial charge in [-0.25, -0.2) is 0 Å². The Kier molecular flexibility index (Phi) is 4.01. The van der Waals surface area contributed by atoms with E-state index in [9.17, 15) is 9.59 Å². The normalized spacial score (nSPS) is 14.7. The molecule has 0 saturated carbocycles. The van der Waals surface area contributed by atoms with E-state index in [4.69, 9.17) is 4.74 Å². The molecule has 0 unspecified atom stereocenters. The van der Waals surface area contributed by atoms with Gasteiger partial charge in [-0.3, -0.25) is 9.59 Å². The van der Waals surface area contributed by atoms with Crippen LogP contribution in [0.4, 0.5) is 11.4 Å². The summed E-state index contributed by atoms with van der Waals surface area (Å²) in [5, 5.41) is 5.69. The molecule has 0 saturated heterocycles. The van der Waals surface area contributed by atoms with Gasteiger partial charge in [-0.05, 0) is 68.8 Å². The number of benzene rings is 2. The minimum absolute atomic E-state index is 0.0541. The minimum Gasteiger partial charge on any atom is -0.494 e. The Hall–Kier alpha value is -2.82. The second-order valence-corrected chi connectivity index (χ2v) is 6.25. The monoisotopic (exact) mass is 324 g/mol. The van der Waals surface area contributed by atoms with Crippen LogP contribution in [0.2, 0.25) is 0 Å². The van der Waals surface area contributed by atoms with Crippen molar-refractivity contribution in [2.45, 2.75) is 26.2 Å². The number of nitrogens with one attached hydrogen (secondary N) is 2. The summed E-state index contributed by atoms with van der Waals surface area (Å²) in [5.41, 5.74) is 2.18. The zero-order valence-electron chi connectivity index (χ0n) is 14.0. The van der Waals surface area contributed by atoms with E-state index in [-0.39, 0.29) is 11.8 Å². The molecule has 0 atom stereocenters. The Morgan fingerprint density at radius 2 is 1.88 bits per heavy atom. The SMILES string of the molecule is CCOc1ccc(NC(=O)c2ccc3c(c2)C(C)(C)C(=O)N3)cc1. The Labute approximate surface area is 141 Å². The molecule has 24 heavy (non-hydrogen) atoms. The highest BCUT2D eigenvalue weighted by atomic mass is 16.5. The van der Waals surface area contributed by atoms with Crippen LogP contribution in [0, 0.1) is 0 Å². The van der Waals surface area contributed by atoms with Crippen molar-refractivity contribution < 1.29 is 14.3 Å². The summed E-state index contributed by atoms with van der Waals surface area (Å²) in [6.45, 7) is 6.22. The molecule has 0 aromatic heterocycles. The van der Waals surface area contributed by atoms with Gasteiger partial charge in [0.25, 0.3) is 5.91 Å². The van der Waals surface area contributed by atoms with Crippen molar-refractivity contribution >= 4 is 23.2 Å². The van der Waals surface area contributed by atoms with Crippen LogP contribution >= 0.6 is 0 Å². The summed E-state index contributed by atoms with van der Waals surface area (Å²) in [5.74, 6) is 0.498. The van der Waals surface area contributed by atoms with Crippen molar-refractivity contribution in [1.82, 2.24) is 0 Å². The molecule has 1 aliphatic heterocycles. The van der Waals surface area contributed by atoms with E-state index >= 15 is 0 Å². The van der Waals surface area contributed by atoms with Gasteiger partial charge in [0.2, 0.25) is 5.91 Å². The molecule has 0 spiro atoms. The van der Waals surface area contributed by atoms with Crippen molar-refractivity contribution in [3.63, 3.8) is 0 Å². The molecule has 2 N–H and O–H groups in total. The van der Waals surface area contributed by atoms with Crippen molar-refractivity contribution in [3.05, 3.63) is 53.6 Å². The van der Waals surface area contributed by atoms with Crippen molar-refractivity contribution in [3.8, 4) is 5.75 Å². The van der Waals surface area contributed by atoms with E-state index in [0.717, 1.165) is 17.0 Å². The highest BCUT2D eigenvalue weighted by Crippen LogP contribution is 2.37. The molecule has 0 bridgehead atoms. The Morgan fingerprint density at radius 3 is 2.54 bits per heavy atom. The van der Waals surface area contributed by atoms with Gasteiger partial charge in [-0.2, -0.15) is 0 Å². The number of hydrogen-bond acceptors (Lipinski definition) is 3. The van der Waals surface area contributed by atoms with Crippen LogP contribution in [0.3, 0.4) is 0 Å². The molecule has 2 amide bonds. The van der Waals surface area contributed by atoms with Crippen LogP contribution in [0.5, 0.6) is 5.75 Å². The molecule has 124 valence electrons. The number of amides is 2. The second-order valence-electron chi connectivity index (χ2n) is 6.25. The fourth-order valence-electron chi connectivity index (χ4n) is 2.72. The standard InChI is InChI=1S/C19H20N2O3/c1-4-24-14-8-6-13(7-9-14)20-17(22)12-5-10-16-15(11-12)19(2,3)18(23)21-16/h5-11H,4H2,1-3H3,(H,20,22)(H,21,23). The van der Waals surface area contributed by atoms with Gasteiger partial charge in [0.15, 0.2) is 0 Å². The first-order valence-corrected chi connectivity index (χ1v) is 7.92. The molecule has 5 nitrogen and oxygen atoms in total. The van der Waals surface area contributed by atoms with Gasteiger partial charge < -0.3 is 15.4 Å². The number of hydrogen-bond donors (Lipinski definition) is 2. The predicted octanol–water partition coefficient (Wildman–Crippen LogP) is 3.57. The van der Waals surface area contributed by atoms with Crippen LogP contribution in [0.1, 0.15) is 36.7 Å². The average Bonchev–Trinajstić information content (AvgIpc) is 2.79. The number of rotatable bonds is 4. The third-order valence-electron chi connectivity index (χ3n) is 4.19. The molecule has 0 radical (unpaired) electrons. The lowest BCUT2D eigenvalue weighted by Gasteiger charge is -2.15. The summed E-state index contributed by atoms with van der Waals surface area (Å²) < 4.78 is 5.38. The van der Waals surface area contributed by atoms with Crippen LogP contribution in [0.25, 0.3) is 0 Å². The molecule has 5 heteroatoms. The van der Waals surface area contributed by atoms with Crippen molar-refractivity contribution in [2.24, 2.45) is 0 Å². The van der Waals surface area contributed by atoms with Gasteiger partial charge >= 0.3 is 0 Å². The van der Waals surface area contributed by atoms with Gasteiger partial charge in [0.05, 0.1) is 12.0 Å². The van der Waals surface area contributed by atoms with Gasteiger partial charge in [-0.1, -0.05) is 0 Å². The highest BCUT2D eigenvalue weighted by Gasteiger charge is 2.38. The summed E-state index contributed by atoms with van der Waals surface area (Å²) in [6, 6.07) is 12.5. The zero-order valence-corrected chi connectivity index (χ0v) is 14.0. The fraction of sp³-hybridized carbons (Fsp3) is 0.263. The first kappa shape index (κ1) is 16.1. The van der Waals surface area contributed by atoms with Gasteiger partial charge in [0.1, 0.15) is 5.75 Å². The van der Waals surface area contributed by atoms with Gasteiger partial charge in [-0.15, -0.1) is 0 Å². The van der Waals surface area contributed by atoms with Crippen LogP contribution in [-0.4, -0.2) is 18.4 Å². The van der Waals surface area contributed by atoms with Crippen LogP contribution in [0.15, 0.2) is 42.5 Å². The molecule has 2 aromatic carbocycles. The van der Waals surface area contributed by atoms with E-state index in [1.807, 2.05) is 32.9 Å². The lowest BCUT2D eigenvalue weighted by Crippen LogP contribution is -2.27. The third kappa shape index (κ3) is 2.85. The highest BCUT2D eigenvalue weighted by molar-refractivity contribution is 6.09. The molecule has 3 rings (SSSR count). The largest absolute Gasteiger partial charge is 0.494 e. The topological polar surface area (TPSA) is 67.4 Å². The van der Waals surface area contributed by atoms with Crippen molar-refractivity contribution in [2.75, 3.05) is 17.2 Å². The van der Waals surface area contributed by atoms with E-state index in [1.54, 1.807) is 30.3 Å². The maximum Gasteiger partial charge on any atom is 0.255 e. The van der Waals surface area contributed by atoms with E-state index < -0.39 is 5.41 Å². The van der Waals surface area contributed by atoms with Crippen LogP contribution in [-0.2, 0) is 10.2 Å². The second kappa shape index (κ2) is 6.00. The number of anilines is 2. The Morgan fingerprint density at radius 1 is 1.17 bits per heavy atom.